The molecule has 0 fully saturated rings. The molecule has 0 radical (unpaired) electrons. The Labute approximate surface area is 166 Å². The summed E-state index contributed by atoms with van der Waals surface area (Å²) in [7, 11) is 0. The first-order valence-corrected chi connectivity index (χ1v) is 10.7. The molecule has 4 aromatic rings. The normalized spacial score (nSPS) is 11.2. The van der Waals surface area contributed by atoms with Gasteiger partial charge in [-0.1, -0.05) is 43.0 Å². The van der Waals surface area contributed by atoms with Gasteiger partial charge in [-0.2, -0.15) is 0 Å². The first-order chi connectivity index (χ1) is 13.3. The van der Waals surface area contributed by atoms with Crippen LogP contribution in [0.5, 0.6) is 0 Å². The number of rotatable bonds is 7. The van der Waals surface area contributed by atoms with Gasteiger partial charge in [-0.25, -0.2) is 4.98 Å². The summed E-state index contributed by atoms with van der Waals surface area (Å²) in [6, 6.07) is 12.1. The summed E-state index contributed by atoms with van der Waals surface area (Å²) >= 11 is 3.35. The van der Waals surface area contributed by atoms with Gasteiger partial charge in [-0.05, 0) is 31.0 Å². The van der Waals surface area contributed by atoms with Crippen molar-refractivity contribution in [2.45, 2.75) is 37.7 Å². The predicted molar refractivity (Wildman–Crippen MR) is 110 cm³/mol. The Kier molecular flexibility index (Phi) is 5.40. The Balaban J connectivity index is 1.52. The number of aryl methyl sites for hydroxylation is 1. The van der Waals surface area contributed by atoms with Gasteiger partial charge >= 0.3 is 0 Å². The lowest BCUT2D eigenvalue weighted by Crippen LogP contribution is -2.01. The number of aromatic nitrogens is 4. The third-order valence-electron chi connectivity index (χ3n) is 4.18. The van der Waals surface area contributed by atoms with Crippen LogP contribution < -0.4 is 0 Å². The van der Waals surface area contributed by atoms with Crippen LogP contribution in [0.1, 0.15) is 24.6 Å². The molecular weight excluding hydrogens is 376 g/mol. The van der Waals surface area contributed by atoms with Crippen molar-refractivity contribution in [2.75, 3.05) is 0 Å². The third-order valence-corrected chi connectivity index (χ3v) is 6.11. The lowest BCUT2D eigenvalue weighted by molar-refractivity contribution is 0.559. The van der Waals surface area contributed by atoms with Crippen molar-refractivity contribution in [1.29, 1.82) is 0 Å². The Bertz CT molecular complexity index is 1020. The standard InChI is InChI=1S/C20H20N4OS2/c1-3-10-24-18(17-9-6-11-25-17)22-23-20(24)27-13-15-12-26-19(21-15)16-8-5-4-7-14(16)2/h4-9,11-12H,3,10,13H2,1-2H3. The van der Waals surface area contributed by atoms with Crippen LogP contribution in [0.15, 0.2) is 57.6 Å². The number of benzene rings is 1. The lowest BCUT2D eigenvalue weighted by Gasteiger charge is -2.06. The van der Waals surface area contributed by atoms with E-state index in [0.717, 1.165) is 46.2 Å². The Morgan fingerprint density at radius 3 is 2.81 bits per heavy atom. The minimum absolute atomic E-state index is 0.748. The van der Waals surface area contributed by atoms with Crippen molar-refractivity contribution < 1.29 is 4.42 Å². The van der Waals surface area contributed by atoms with Crippen molar-refractivity contribution in [3.05, 3.63) is 59.3 Å². The predicted octanol–water partition coefficient (Wildman–Crippen LogP) is 5.67. The van der Waals surface area contributed by atoms with Gasteiger partial charge in [0, 0.05) is 23.2 Å². The van der Waals surface area contributed by atoms with E-state index in [1.54, 1.807) is 29.4 Å². The van der Waals surface area contributed by atoms with Gasteiger partial charge in [-0.15, -0.1) is 21.5 Å². The molecule has 0 unspecified atom stereocenters. The van der Waals surface area contributed by atoms with Crippen LogP contribution in [-0.4, -0.2) is 19.7 Å². The molecule has 0 aliphatic rings. The molecule has 0 spiro atoms. The van der Waals surface area contributed by atoms with Crippen LogP contribution in [0.25, 0.3) is 22.2 Å². The summed E-state index contributed by atoms with van der Waals surface area (Å²) in [6.45, 7) is 5.13. The quantitative estimate of drug-likeness (QED) is 0.377. The van der Waals surface area contributed by atoms with E-state index < -0.39 is 0 Å². The fourth-order valence-corrected chi connectivity index (χ4v) is 4.73. The summed E-state index contributed by atoms with van der Waals surface area (Å²) in [6.07, 6.45) is 2.67. The lowest BCUT2D eigenvalue weighted by atomic mass is 10.1. The minimum atomic E-state index is 0.748. The molecule has 0 N–H and O–H groups in total. The molecule has 7 heteroatoms. The van der Waals surface area contributed by atoms with E-state index >= 15 is 0 Å². The van der Waals surface area contributed by atoms with Gasteiger partial charge in [0.15, 0.2) is 16.7 Å². The van der Waals surface area contributed by atoms with Crippen LogP contribution in [0, 0.1) is 6.92 Å². The number of hydrogen-bond acceptors (Lipinski definition) is 6. The van der Waals surface area contributed by atoms with E-state index in [9.17, 15) is 0 Å². The summed E-state index contributed by atoms with van der Waals surface area (Å²) in [5.74, 6) is 2.30. The Morgan fingerprint density at radius 1 is 1.15 bits per heavy atom. The Morgan fingerprint density at radius 2 is 2.04 bits per heavy atom. The van der Waals surface area contributed by atoms with Gasteiger partial charge in [0.2, 0.25) is 0 Å². The third kappa shape index (κ3) is 3.84. The van der Waals surface area contributed by atoms with Crippen LogP contribution in [0.2, 0.25) is 0 Å². The second-order valence-electron chi connectivity index (χ2n) is 6.18. The first kappa shape index (κ1) is 18.0. The highest BCUT2D eigenvalue weighted by molar-refractivity contribution is 7.98. The molecule has 5 nitrogen and oxygen atoms in total. The number of thiazole rings is 1. The molecule has 3 heterocycles. The van der Waals surface area contributed by atoms with E-state index in [0.29, 0.717) is 0 Å². The van der Waals surface area contributed by atoms with Gasteiger partial charge in [0.05, 0.1) is 12.0 Å². The minimum Gasteiger partial charge on any atom is -0.461 e. The number of hydrogen-bond donors (Lipinski definition) is 0. The fourth-order valence-electron chi connectivity index (χ4n) is 2.86. The molecule has 0 saturated carbocycles. The highest BCUT2D eigenvalue weighted by atomic mass is 32.2. The maximum absolute atomic E-state index is 5.50. The molecule has 0 atom stereocenters. The smallest absolute Gasteiger partial charge is 0.200 e. The number of furan rings is 1. The second kappa shape index (κ2) is 8.10. The van der Waals surface area contributed by atoms with Gasteiger partial charge in [-0.3, -0.25) is 4.57 Å². The maximum atomic E-state index is 5.50. The van der Waals surface area contributed by atoms with Crippen LogP contribution in [0.4, 0.5) is 0 Å². The monoisotopic (exact) mass is 396 g/mol. The van der Waals surface area contributed by atoms with E-state index in [2.05, 4.69) is 58.3 Å². The van der Waals surface area contributed by atoms with Gasteiger partial charge < -0.3 is 4.42 Å². The average Bonchev–Trinajstić information content (AvgIpc) is 3.42. The van der Waals surface area contributed by atoms with Crippen molar-refractivity contribution in [3.8, 4) is 22.2 Å². The molecule has 0 amide bonds. The van der Waals surface area contributed by atoms with E-state index in [-0.39, 0.29) is 0 Å². The van der Waals surface area contributed by atoms with Crippen LogP contribution >= 0.6 is 23.1 Å². The van der Waals surface area contributed by atoms with Crippen molar-refractivity contribution >= 4 is 23.1 Å². The number of thioether (sulfide) groups is 1. The Hall–Kier alpha value is -2.38. The van der Waals surface area contributed by atoms with Crippen LogP contribution in [-0.2, 0) is 12.3 Å². The van der Waals surface area contributed by atoms with E-state index in [1.807, 2.05) is 12.1 Å². The molecule has 27 heavy (non-hydrogen) atoms. The second-order valence-corrected chi connectivity index (χ2v) is 7.98. The van der Waals surface area contributed by atoms with Gasteiger partial charge in [0.25, 0.3) is 0 Å². The van der Waals surface area contributed by atoms with E-state index in [4.69, 9.17) is 9.40 Å². The zero-order valence-corrected chi connectivity index (χ0v) is 16.9. The zero-order chi connectivity index (χ0) is 18.6. The van der Waals surface area contributed by atoms with Crippen molar-refractivity contribution in [3.63, 3.8) is 0 Å². The van der Waals surface area contributed by atoms with Crippen molar-refractivity contribution in [1.82, 2.24) is 19.7 Å². The molecule has 1 aromatic carbocycles. The highest BCUT2D eigenvalue weighted by Crippen LogP contribution is 2.30. The molecule has 4 rings (SSSR count). The molecule has 3 aromatic heterocycles. The topological polar surface area (TPSA) is 56.7 Å². The van der Waals surface area contributed by atoms with Gasteiger partial charge in [0.1, 0.15) is 5.01 Å². The average molecular weight is 397 g/mol. The number of nitrogens with zero attached hydrogens (tertiary/aromatic N) is 4. The summed E-state index contributed by atoms with van der Waals surface area (Å²) < 4.78 is 7.63. The highest BCUT2D eigenvalue weighted by Gasteiger charge is 2.16. The zero-order valence-electron chi connectivity index (χ0n) is 15.3. The van der Waals surface area contributed by atoms with Crippen molar-refractivity contribution in [2.24, 2.45) is 0 Å². The molecule has 0 saturated heterocycles. The van der Waals surface area contributed by atoms with E-state index in [1.165, 1.54) is 11.1 Å². The summed E-state index contributed by atoms with van der Waals surface area (Å²) in [5, 5.41) is 12.8. The maximum Gasteiger partial charge on any atom is 0.200 e. The molecular formula is C20H20N4OS2. The first-order valence-electron chi connectivity index (χ1n) is 8.86. The molecule has 0 bridgehead atoms. The molecule has 0 aliphatic carbocycles. The largest absolute Gasteiger partial charge is 0.461 e. The fraction of sp³-hybridized carbons (Fsp3) is 0.250. The molecule has 0 aliphatic heterocycles. The summed E-state index contributed by atoms with van der Waals surface area (Å²) in [4.78, 5) is 4.81. The SMILES string of the molecule is CCCn1c(SCc2csc(-c3ccccc3C)n2)nnc1-c1ccco1. The summed E-state index contributed by atoms with van der Waals surface area (Å²) in [5.41, 5.74) is 3.51. The van der Waals surface area contributed by atoms with Crippen LogP contribution in [0.3, 0.4) is 0 Å². The molecule has 138 valence electrons.